The second-order valence-electron chi connectivity index (χ2n) is 6.90. The minimum absolute atomic E-state index is 0.0725. The molecule has 0 aliphatic carbocycles. The predicted octanol–water partition coefficient (Wildman–Crippen LogP) is 3.53. The number of anilines is 1. The van der Waals surface area contributed by atoms with Gasteiger partial charge in [-0.05, 0) is 49.2 Å². The number of halogens is 1. The van der Waals surface area contributed by atoms with Gasteiger partial charge in [0.15, 0.2) is 5.16 Å². The maximum atomic E-state index is 13.0. The summed E-state index contributed by atoms with van der Waals surface area (Å²) in [5.41, 5.74) is 2.21. The summed E-state index contributed by atoms with van der Waals surface area (Å²) >= 11 is 1.28. The van der Waals surface area contributed by atoms with Crippen LogP contribution in [0, 0.1) is 5.82 Å². The highest BCUT2D eigenvalue weighted by Gasteiger charge is 2.21. The Morgan fingerprint density at radius 3 is 2.55 bits per heavy atom. The lowest BCUT2D eigenvalue weighted by Gasteiger charge is -2.17. The minimum atomic E-state index is -0.353. The molecule has 8 heteroatoms. The smallest absolute Gasteiger partial charge is 0.242 e. The zero-order valence-corrected chi connectivity index (χ0v) is 16.6. The monoisotopic (exact) mass is 412 g/mol. The van der Waals surface area contributed by atoms with Crippen LogP contribution in [0.2, 0.25) is 0 Å². The quantitative estimate of drug-likeness (QED) is 0.629. The van der Waals surface area contributed by atoms with E-state index in [0.29, 0.717) is 10.8 Å². The Kier molecular flexibility index (Phi) is 5.80. The van der Waals surface area contributed by atoms with Crippen LogP contribution in [0.1, 0.15) is 12.8 Å². The van der Waals surface area contributed by atoms with E-state index in [-0.39, 0.29) is 29.9 Å². The Morgan fingerprint density at radius 1 is 1.07 bits per heavy atom. The van der Waals surface area contributed by atoms with Crippen molar-refractivity contribution in [2.45, 2.75) is 24.5 Å². The molecule has 1 N–H and O–H groups in total. The molecule has 0 saturated carbocycles. The average molecular weight is 412 g/mol. The first-order valence-corrected chi connectivity index (χ1v) is 10.5. The first kappa shape index (κ1) is 19.4. The molecule has 1 aromatic heterocycles. The second-order valence-corrected chi connectivity index (χ2v) is 7.84. The van der Waals surface area contributed by atoms with Crippen molar-refractivity contribution in [2.75, 3.05) is 24.2 Å². The number of rotatable bonds is 6. The molecular formula is C21H21FN4O2S. The maximum absolute atomic E-state index is 13.0. The molecule has 1 aliphatic rings. The van der Waals surface area contributed by atoms with Crippen LogP contribution in [0.3, 0.4) is 0 Å². The third-order valence-electron chi connectivity index (χ3n) is 4.83. The molecule has 3 aromatic rings. The molecule has 4 rings (SSSR count). The van der Waals surface area contributed by atoms with Crippen molar-refractivity contribution >= 4 is 40.3 Å². The molecule has 1 fully saturated rings. The summed E-state index contributed by atoms with van der Waals surface area (Å²) in [6.45, 7) is 1.81. The third-order valence-corrected chi connectivity index (χ3v) is 5.81. The summed E-state index contributed by atoms with van der Waals surface area (Å²) in [5, 5.41) is 3.37. The summed E-state index contributed by atoms with van der Waals surface area (Å²) in [5.74, 6) is -0.360. The van der Waals surface area contributed by atoms with Crippen molar-refractivity contribution in [3.63, 3.8) is 0 Å². The Labute approximate surface area is 172 Å². The van der Waals surface area contributed by atoms with E-state index in [4.69, 9.17) is 0 Å². The van der Waals surface area contributed by atoms with Gasteiger partial charge < -0.3 is 14.8 Å². The first-order chi connectivity index (χ1) is 14.1. The highest BCUT2D eigenvalue weighted by atomic mass is 32.2. The standard InChI is InChI=1S/C21H21FN4O2S/c22-15-7-9-16(10-8-15)23-19(27)14-29-21-24-17-5-1-2-6-18(17)26(21)13-20(28)25-11-3-4-12-25/h1-2,5-10H,3-4,11-14H2,(H,23,27). The van der Waals surface area contributed by atoms with E-state index in [1.54, 1.807) is 0 Å². The number of carbonyl (C=O) groups is 2. The summed E-state index contributed by atoms with van der Waals surface area (Å²) in [4.78, 5) is 31.5. The number of para-hydroxylation sites is 2. The Morgan fingerprint density at radius 2 is 1.79 bits per heavy atom. The molecular weight excluding hydrogens is 391 g/mol. The number of carbonyl (C=O) groups excluding carboxylic acids is 2. The van der Waals surface area contributed by atoms with Crippen LogP contribution < -0.4 is 5.32 Å². The van der Waals surface area contributed by atoms with Crippen LogP contribution in [-0.2, 0) is 16.1 Å². The number of thioether (sulfide) groups is 1. The van der Waals surface area contributed by atoms with Crippen molar-refractivity contribution in [3.05, 3.63) is 54.3 Å². The van der Waals surface area contributed by atoms with E-state index in [9.17, 15) is 14.0 Å². The number of hydrogen-bond acceptors (Lipinski definition) is 4. The van der Waals surface area contributed by atoms with Crippen molar-refractivity contribution in [1.82, 2.24) is 14.5 Å². The Hall–Kier alpha value is -2.87. The number of benzene rings is 2. The number of imidazole rings is 1. The van der Waals surface area contributed by atoms with Gasteiger partial charge in [0.2, 0.25) is 11.8 Å². The van der Waals surface area contributed by atoms with Crippen LogP contribution >= 0.6 is 11.8 Å². The van der Waals surface area contributed by atoms with Gasteiger partial charge in [-0.1, -0.05) is 23.9 Å². The fourth-order valence-electron chi connectivity index (χ4n) is 3.38. The molecule has 2 aromatic carbocycles. The number of nitrogens with zero attached hydrogens (tertiary/aromatic N) is 3. The number of amides is 2. The summed E-state index contributed by atoms with van der Waals surface area (Å²) in [7, 11) is 0. The molecule has 1 aliphatic heterocycles. The normalized spacial score (nSPS) is 13.8. The molecule has 0 radical (unpaired) electrons. The maximum Gasteiger partial charge on any atom is 0.242 e. The van der Waals surface area contributed by atoms with E-state index in [1.807, 2.05) is 33.7 Å². The molecule has 6 nitrogen and oxygen atoms in total. The van der Waals surface area contributed by atoms with Gasteiger partial charge in [0.1, 0.15) is 12.4 Å². The van der Waals surface area contributed by atoms with E-state index in [2.05, 4.69) is 10.3 Å². The second kappa shape index (κ2) is 8.65. The number of fused-ring (bicyclic) bond motifs is 1. The van der Waals surface area contributed by atoms with Crippen LogP contribution in [0.5, 0.6) is 0 Å². The zero-order chi connectivity index (χ0) is 20.2. The van der Waals surface area contributed by atoms with Crippen LogP contribution in [-0.4, -0.2) is 45.1 Å². The molecule has 29 heavy (non-hydrogen) atoms. The number of aromatic nitrogens is 2. The zero-order valence-electron chi connectivity index (χ0n) is 15.8. The van der Waals surface area contributed by atoms with Gasteiger partial charge in [-0.25, -0.2) is 9.37 Å². The van der Waals surface area contributed by atoms with Crippen molar-refractivity contribution < 1.29 is 14.0 Å². The van der Waals surface area contributed by atoms with Crippen LogP contribution in [0.4, 0.5) is 10.1 Å². The van der Waals surface area contributed by atoms with Gasteiger partial charge in [-0.2, -0.15) is 0 Å². The number of likely N-dealkylation sites (tertiary alicyclic amines) is 1. The van der Waals surface area contributed by atoms with Crippen LogP contribution in [0.15, 0.2) is 53.7 Å². The van der Waals surface area contributed by atoms with Gasteiger partial charge in [-0.15, -0.1) is 0 Å². The SMILES string of the molecule is O=C(CSc1nc2ccccc2n1CC(=O)N1CCCC1)Nc1ccc(F)cc1. The number of nitrogens with one attached hydrogen (secondary N) is 1. The van der Waals surface area contributed by atoms with Gasteiger partial charge >= 0.3 is 0 Å². The fourth-order valence-corrected chi connectivity index (χ4v) is 4.19. The van der Waals surface area contributed by atoms with E-state index in [1.165, 1.54) is 36.0 Å². The highest BCUT2D eigenvalue weighted by molar-refractivity contribution is 7.99. The van der Waals surface area contributed by atoms with Crippen molar-refractivity contribution in [3.8, 4) is 0 Å². The highest BCUT2D eigenvalue weighted by Crippen LogP contribution is 2.25. The molecule has 2 heterocycles. The van der Waals surface area contributed by atoms with Gasteiger partial charge in [-0.3, -0.25) is 9.59 Å². The molecule has 1 saturated heterocycles. The summed E-state index contributed by atoms with van der Waals surface area (Å²) in [6.07, 6.45) is 2.09. The number of hydrogen-bond donors (Lipinski definition) is 1. The average Bonchev–Trinajstić information content (AvgIpc) is 3.37. The van der Waals surface area contributed by atoms with E-state index >= 15 is 0 Å². The van der Waals surface area contributed by atoms with Crippen LogP contribution in [0.25, 0.3) is 11.0 Å². The molecule has 0 unspecified atom stereocenters. The summed E-state index contributed by atoms with van der Waals surface area (Å²) in [6, 6.07) is 13.3. The Balaban J connectivity index is 1.48. The molecule has 150 valence electrons. The first-order valence-electron chi connectivity index (χ1n) is 9.51. The van der Waals surface area contributed by atoms with E-state index in [0.717, 1.165) is 37.0 Å². The van der Waals surface area contributed by atoms with Crippen molar-refractivity contribution in [1.29, 1.82) is 0 Å². The molecule has 0 bridgehead atoms. The topological polar surface area (TPSA) is 67.2 Å². The molecule has 0 atom stereocenters. The molecule has 2 amide bonds. The Bertz CT molecular complexity index is 1030. The van der Waals surface area contributed by atoms with Gasteiger partial charge in [0.25, 0.3) is 0 Å². The minimum Gasteiger partial charge on any atom is -0.341 e. The van der Waals surface area contributed by atoms with Crippen molar-refractivity contribution in [2.24, 2.45) is 0 Å². The third kappa shape index (κ3) is 4.59. The molecule has 0 spiro atoms. The van der Waals surface area contributed by atoms with Gasteiger partial charge in [0.05, 0.1) is 16.8 Å². The lowest BCUT2D eigenvalue weighted by Crippen LogP contribution is -2.31. The lowest BCUT2D eigenvalue weighted by atomic mass is 10.3. The largest absolute Gasteiger partial charge is 0.341 e. The lowest BCUT2D eigenvalue weighted by molar-refractivity contribution is -0.130. The predicted molar refractivity (Wildman–Crippen MR) is 111 cm³/mol. The van der Waals surface area contributed by atoms with Gasteiger partial charge in [0, 0.05) is 18.8 Å². The van der Waals surface area contributed by atoms with E-state index < -0.39 is 0 Å². The summed E-state index contributed by atoms with van der Waals surface area (Å²) < 4.78 is 14.9. The fraction of sp³-hybridized carbons (Fsp3) is 0.286.